The van der Waals surface area contributed by atoms with Crippen molar-refractivity contribution in [1.82, 2.24) is 9.97 Å². The third-order valence-corrected chi connectivity index (χ3v) is 3.11. The number of hydrogen-bond acceptors (Lipinski definition) is 5. The largest absolute Gasteiger partial charge is 0.493 e. The summed E-state index contributed by atoms with van der Waals surface area (Å²) >= 11 is 0. The zero-order valence-corrected chi connectivity index (χ0v) is 12.2. The first-order chi connectivity index (χ1) is 9.63. The third-order valence-electron chi connectivity index (χ3n) is 3.11. The van der Waals surface area contributed by atoms with Crippen molar-refractivity contribution in [2.45, 2.75) is 20.4 Å². The maximum atomic E-state index is 5.28. The summed E-state index contributed by atoms with van der Waals surface area (Å²) < 4.78 is 10.5. The Hall–Kier alpha value is -2.30. The average Bonchev–Trinajstić information content (AvgIpc) is 2.48. The standard InChI is InChI=1S/C15H19N3O2/c1-10-11(2)18-15(9-16-10)17-8-12-5-6-13(19-3)14(7-12)20-4/h5-7,9H,8H2,1-4H3,(H,17,18). The van der Waals surface area contributed by atoms with Gasteiger partial charge in [0.15, 0.2) is 11.5 Å². The Morgan fingerprint density at radius 3 is 2.45 bits per heavy atom. The predicted molar refractivity (Wildman–Crippen MR) is 78.4 cm³/mol. The van der Waals surface area contributed by atoms with E-state index in [1.165, 1.54) is 0 Å². The Kier molecular flexibility index (Phi) is 4.40. The summed E-state index contributed by atoms with van der Waals surface area (Å²) in [4.78, 5) is 8.72. The van der Waals surface area contributed by atoms with Crippen molar-refractivity contribution in [1.29, 1.82) is 0 Å². The minimum absolute atomic E-state index is 0.650. The van der Waals surface area contributed by atoms with Crippen molar-refractivity contribution in [3.63, 3.8) is 0 Å². The number of ether oxygens (including phenoxy) is 2. The molecule has 106 valence electrons. The molecule has 0 bridgehead atoms. The van der Waals surface area contributed by atoms with Gasteiger partial charge < -0.3 is 14.8 Å². The molecule has 0 atom stereocenters. The number of nitrogens with one attached hydrogen (secondary N) is 1. The van der Waals surface area contributed by atoms with Crippen molar-refractivity contribution < 1.29 is 9.47 Å². The molecule has 0 aliphatic carbocycles. The number of methoxy groups -OCH3 is 2. The SMILES string of the molecule is COc1ccc(CNc2cnc(C)c(C)n2)cc1OC. The van der Waals surface area contributed by atoms with Gasteiger partial charge in [0.25, 0.3) is 0 Å². The van der Waals surface area contributed by atoms with E-state index in [0.29, 0.717) is 6.54 Å². The molecule has 5 heteroatoms. The van der Waals surface area contributed by atoms with Crippen LogP contribution in [0.1, 0.15) is 17.0 Å². The van der Waals surface area contributed by atoms with Gasteiger partial charge in [-0.1, -0.05) is 6.07 Å². The van der Waals surface area contributed by atoms with Crippen LogP contribution in [0.5, 0.6) is 11.5 Å². The Bertz CT molecular complexity index is 600. The summed E-state index contributed by atoms with van der Waals surface area (Å²) in [6.07, 6.45) is 1.74. The number of benzene rings is 1. The molecular formula is C15H19N3O2. The molecule has 0 unspecified atom stereocenters. The molecule has 2 rings (SSSR count). The van der Waals surface area contributed by atoms with E-state index >= 15 is 0 Å². The lowest BCUT2D eigenvalue weighted by Gasteiger charge is -2.11. The van der Waals surface area contributed by atoms with Gasteiger partial charge in [0.05, 0.1) is 31.8 Å². The Labute approximate surface area is 119 Å². The van der Waals surface area contributed by atoms with Crippen LogP contribution in [0, 0.1) is 13.8 Å². The first-order valence-electron chi connectivity index (χ1n) is 6.39. The molecule has 0 saturated heterocycles. The van der Waals surface area contributed by atoms with E-state index in [1.807, 2.05) is 32.0 Å². The number of anilines is 1. The lowest BCUT2D eigenvalue weighted by atomic mass is 10.2. The van der Waals surface area contributed by atoms with Crippen LogP contribution in [0.3, 0.4) is 0 Å². The Morgan fingerprint density at radius 1 is 1.05 bits per heavy atom. The fourth-order valence-electron chi connectivity index (χ4n) is 1.81. The van der Waals surface area contributed by atoms with E-state index < -0.39 is 0 Å². The van der Waals surface area contributed by atoms with Gasteiger partial charge in [-0.25, -0.2) is 4.98 Å². The highest BCUT2D eigenvalue weighted by Crippen LogP contribution is 2.27. The minimum atomic E-state index is 0.650. The quantitative estimate of drug-likeness (QED) is 0.907. The summed E-state index contributed by atoms with van der Waals surface area (Å²) in [5, 5.41) is 3.25. The normalized spacial score (nSPS) is 10.2. The highest BCUT2D eigenvalue weighted by atomic mass is 16.5. The van der Waals surface area contributed by atoms with Gasteiger partial charge in [-0.3, -0.25) is 4.98 Å². The number of aromatic nitrogens is 2. The molecule has 0 radical (unpaired) electrons. The summed E-state index contributed by atoms with van der Waals surface area (Å²) in [6, 6.07) is 5.82. The van der Waals surface area contributed by atoms with Gasteiger partial charge >= 0.3 is 0 Å². The Balaban J connectivity index is 2.08. The third kappa shape index (κ3) is 3.17. The van der Waals surface area contributed by atoms with E-state index in [2.05, 4.69) is 15.3 Å². The Morgan fingerprint density at radius 2 is 1.80 bits per heavy atom. The van der Waals surface area contributed by atoms with Gasteiger partial charge in [0, 0.05) is 6.54 Å². The van der Waals surface area contributed by atoms with Crippen LogP contribution in [0.25, 0.3) is 0 Å². The van der Waals surface area contributed by atoms with Crippen LogP contribution in [0.4, 0.5) is 5.82 Å². The van der Waals surface area contributed by atoms with Crippen LogP contribution in [-0.4, -0.2) is 24.2 Å². The molecule has 1 N–H and O–H groups in total. The first-order valence-corrected chi connectivity index (χ1v) is 6.39. The van der Waals surface area contributed by atoms with Gasteiger partial charge in [0.1, 0.15) is 5.82 Å². The lowest BCUT2D eigenvalue weighted by molar-refractivity contribution is 0.354. The zero-order valence-electron chi connectivity index (χ0n) is 12.2. The molecule has 5 nitrogen and oxygen atoms in total. The topological polar surface area (TPSA) is 56.3 Å². The van der Waals surface area contributed by atoms with Crippen LogP contribution in [0.15, 0.2) is 24.4 Å². The lowest BCUT2D eigenvalue weighted by Crippen LogP contribution is -2.04. The molecule has 0 spiro atoms. The highest BCUT2D eigenvalue weighted by molar-refractivity contribution is 5.44. The molecule has 0 aliphatic rings. The fraction of sp³-hybridized carbons (Fsp3) is 0.333. The van der Waals surface area contributed by atoms with Crippen molar-refractivity contribution >= 4 is 5.82 Å². The summed E-state index contributed by atoms with van der Waals surface area (Å²) in [5.41, 5.74) is 2.96. The van der Waals surface area contributed by atoms with Crippen LogP contribution >= 0.6 is 0 Å². The van der Waals surface area contributed by atoms with Crippen LogP contribution in [-0.2, 0) is 6.54 Å². The van der Waals surface area contributed by atoms with Crippen molar-refractivity contribution in [2.75, 3.05) is 19.5 Å². The van der Waals surface area contributed by atoms with E-state index in [0.717, 1.165) is 34.3 Å². The fourth-order valence-corrected chi connectivity index (χ4v) is 1.81. The number of rotatable bonds is 5. The zero-order chi connectivity index (χ0) is 14.5. The summed E-state index contributed by atoms with van der Waals surface area (Å²) in [7, 11) is 3.25. The molecule has 1 heterocycles. The molecule has 1 aromatic carbocycles. The summed E-state index contributed by atoms with van der Waals surface area (Å²) in [5.74, 6) is 2.21. The van der Waals surface area contributed by atoms with Crippen LogP contribution < -0.4 is 14.8 Å². The molecule has 0 fully saturated rings. The monoisotopic (exact) mass is 273 g/mol. The van der Waals surface area contributed by atoms with E-state index in [9.17, 15) is 0 Å². The molecule has 1 aromatic heterocycles. The average molecular weight is 273 g/mol. The second-order valence-corrected chi connectivity index (χ2v) is 4.47. The van der Waals surface area contributed by atoms with Crippen molar-refractivity contribution in [3.05, 3.63) is 41.3 Å². The second kappa shape index (κ2) is 6.23. The summed E-state index contributed by atoms with van der Waals surface area (Å²) in [6.45, 7) is 4.54. The molecule has 20 heavy (non-hydrogen) atoms. The smallest absolute Gasteiger partial charge is 0.161 e. The number of hydrogen-bond donors (Lipinski definition) is 1. The van der Waals surface area contributed by atoms with Crippen LogP contribution in [0.2, 0.25) is 0 Å². The maximum Gasteiger partial charge on any atom is 0.161 e. The van der Waals surface area contributed by atoms with Gasteiger partial charge in [-0.15, -0.1) is 0 Å². The van der Waals surface area contributed by atoms with Gasteiger partial charge in [-0.05, 0) is 31.5 Å². The number of aryl methyl sites for hydroxylation is 2. The van der Waals surface area contributed by atoms with E-state index in [4.69, 9.17) is 9.47 Å². The second-order valence-electron chi connectivity index (χ2n) is 4.47. The minimum Gasteiger partial charge on any atom is -0.493 e. The predicted octanol–water partition coefficient (Wildman–Crippen LogP) is 2.72. The van der Waals surface area contributed by atoms with E-state index in [1.54, 1.807) is 20.4 Å². The molecule has 2 aromatic rings. The first kappa shape index (κ1) is 14.1. The van der Waals surface area contributed by atoms with Gasteiger partial charge in [-0.2, -0.15) is 0 Å². The molecule has 0 aliphatic heterocycles. The van der Waals surface area contributed by atoms with Crippen molar-refractivity contribution in [2.24, 2.45) is 0 Å². The molecular weight excluding hydrogens is 254 g/mol. The van der Waals surface area contributed by atoms with Crippen molar-refractivity contribution in [3.8, 4) is 11.5 Å². The van der Waals surface area contributed by atoms with Gasteiger partial charge in [0.2, 0.25) is 0 Å². The highest BCUT2D eigenvalue weighted by Gasteiger charge is 2.05. The van der Waals surface area contributed by atoms with E-state index in [-0.39, 0.29) is 0 Å². The maximum absolute atomic E-state index is 5.28. The molecule has 0 saturated carbocycles. The molecule has 0 amide bonds. The number of nitrogens with zero attached hydrogens (tertiary/aromatic N) is 2.